The Kier molecular flexibility index (Phi) is 6.18. The van der Waals surface area contributed by atoms with Crippen LogP contribution >= 0.6 is 0 Å². The largest absolute Gasteiger partial charge is 0.491 e. The van der Waals surface area contributed by atoms with Gasteiger partial charge >= 0.3 is 5.97 Å². The molecule has 5 heteroatoms. The number of aliphatic carboxylic acids is 1. The smallest absolute Gasteiger partial charge is 0.305 e. The van der Waals surface area contributed by atoms with Gasteiger partial charge in [-0.2, -0.15) is 0 Å². The Hall–Kier alpha value is -1.88. The first-order valence-corrected chi connectivity index (χ1v) is 6.70. The molecule has 5 nitrogen and oxygen atoms in total. The number of carbonyl (C=O) groups is 2. The highest BCUT2D eigenvalue weighted by Crippen LogP contribution is 2.15. The third-order valence-electron chi connectivity index (χ3n) is 2.66. The molecule has 0 amide bonds. The fraction of sp³-hybridized carbons (Fsp3) is 0.467. The molecule has 0 radical (unpaired) electrons. The van der Waals surface area contributed by atoms with E-state index in [9.17, 15) is 9.59 Å². The van der Waals surface area contributed by atoms with Crippen LogP contribution in [0.1, 0.15) is 37.6 Å². The van der Waals surface area contributed by atoms with E-state index in [2.05, 4.69) is 5.32 Å². The summed E-state index contributed by atoms with van der Waals surface area (Å²) in [6.45, 7) is 6.22. The van der Waals surface area contributed by atoms with Crippen molar-refractivity contribution in [1.82, 2.24) is 5.32 Å². The number of ether oxygens (including phenoxy) is 1. The highest BCUT2D eigenvalue weighted by atomic mass is 16.5. The van der Waals surface area contributed by atoms with E-state index in [-0.39, 0.29) is 18.3 Å². The van der Waals surface area contributed by atoms with Gasteiger partial charge in [0, 0.05) is 5.56 Å². The topological polar surface area (TPSA) is 75.6 Å². The van der Waals surface area contributed by atoms with E-state index in [0.717, 1.165) is 0 Å². The van der Waals surface area contributed by atoms with Crippen molar-refractivity contribution < 1.29 is 19.4 Å². The van der Waals surface area contributed by atoms with Crippen molar-refractivity contribution in [1.29, 1.82) is 0 Å². The first-order chi connectivity index (χ1) is 9.43. The SMILES string of the molecule is CCNC(CC(=O)O)C(=O)c1ccc(OC(C)C)cc1. The van der Waals surface area contributed by atoms with Gasteiger partial charge in [0.15, 0.2) is 5.78 Å². The third kappa shape index (κ3) is 5.01. The molecule has 0 saturated carbocycles. The van der Waals surface area contributed by atoms with Crippen LogP contribution in [-0.2, 0) is 4.79 Å². The standard InChI is InChI=1S/C15H21NO4/c1-4-16-13(9-14(17)18)15(19)11-5-7-12(8-6-11)20-10(2)3/h5-8,10,13,16H,4,9H2,1-3H3,(H,17,18). The second kappa shape index (κ2) is 7.65. The number of hydrogen-bond acceptors (Lipinski definition) is 4. The molecule has 0 saturated heterocycles. The van der Waals surface area contributed by atoms with E-state index in [1.807, 2.05) is 20.8 Å². The van der Waals surface area contributed by atoms with Gasteiger partial charge in [-0.1, -0.05) is 6.92 Å². The highest BCUT2D eigenvalue weighted by Gasteiger charge is 2.21. The Labute approximate surface area is 118 Å². The number of benzene rings is 1. The van der Waals surface area contributed by atoms with Crippen LogP contribution in [0.25, 0.3) is 0 Å². The summed E-state index contributed by atoms with van der Waals surface area (Å²) in [4.78, 5) is 23.0. The minimum absolute atomic E-state index is 0.0677. The van der Waals surface area contributed by atoms with E-state index in [1.165, 1.54) is 0 Å². The molecule has 110 valence electrons. The molecule has 0 bridgehead atoms. The fourth-order valence-electron chi connectivity index (χ4n) is 1.85. The van der Waals surface area contributed by atoms with Crippen LogP contribution in [0.5, 0.6) is 5.75 Å². The van der Waals surface area contributed by atoms with E-state index in [4.69, 9.17) is 9.84 Å². The minimum atomic E-state index is -0.996. The monoisotopic (exact) mass is 279 g/mol. The number of Topliss-reactive ketones (excluding diaryl/α,β-unsaturated/α-hetero) is 1. The van der Waals surface area contributed by atoms with Gasteiger partial charge in [-0.05, 0) is 44.7 Å². The number of carbonyl (C=O) groups excluding carboxylic acids is 1. The average Bonchev–Trinajstić information content (AvgIpc) is 2.37. The van der Waals surface area contributed by atoms with Crippen LogP contribution in [0.2, 0.25) is 0 Å². The van der Waals surface area contributed by atoms with Gasteiger partial charge in [-0.15, -0.1) is 0 Å². The van der Waals surface area contributed by atoms with Crippen molar-refractivity contribution in [3.8, 4) is 5.75 Å². The summed E-state index contributed by atoms with van der Waals surface area (Å²) >= 11 is 0. The Morgan fingerprint density at radius 3 is 2.30 bits per heavy atom. The lowest BCUT2D eigenvalue weighted by Gasteiger charge is -2.15. The number of ketones is 1. The minimum Gasteiger partial charge on any atom is -0.491 e. The Morgan fingerprint density at radius 2 is 1.85 bits per heavy atom. The summed E-state index contributed by atoms with van der Waals surface area (Å²) in [6.07, 6.45) is -0.158. The highest BCUT2D eigenvalue weighted by molar-refractivity contribution is 6.01. The molecule has 2 N–H and O–H groups in total. The second-order valence-corrected chi connectivity index (χ2v) is 4.76. The second-order valence-electron chi connectivity index (χ2n) is 4.76. The molecule has 0 aromatic heterocycles. The molecule has 20 heavy (non-hydrogen) atoms. The Bertz CT molecular complexity index is 453. The van der Waals surface area contributed by atoms with Crippen LogP contribution in [0, 0.1) is 0 Å². The quantitative estimate of drug-likeness (QED) is 0.713. The van der Waals surface area contributed by atoms with Crippen LogP contribution in [0.15, 0.2) is 24.3 Å². The molecule has 0 aliphatic carbocycles. The number of carboxylic acids is 1. The molecule has 1 aromatic carbocycles. The summed E-state index contributed by atoms with van der Waals surface area (Å²) < 4.78 is 5.50. The Balaban J connectivity index is 2.80. The summed E-state index contributed by atoms with van der Waals surface area (Å²) in [5.74, 6) is -0.524. The molecule has 1 unspecified atom stereocenters. The van der Waals surface area contributed by atoms with Crippen molar-refractivity contribution in [3.05, 3.63) is 29.8 Å². The van der Waals surface area contributed by atoms with Crippen molar-refractivity contribution in [2.75, 3.05) is 6.54 Å². The summed E-state index contributed by atoms with van der Waals surface area (Å²) in [6, 6.07) is 6.06. The summed E-state index contributed by atoms with van der Waals surface area (Å²) in [5.41, 5.74) is 0.480. The molecule has 1 atom stereocenters. The van der Waals surface area contributed by atoms with Crippen LogP contribution in [-0.4, -0.2) is 35.5 Å². The molecule has 1 rings (SSSR count). The molecule has 0 spiro atoms. The van der Waals surface area contributed by atoms with Crippen LogP contribution in [0.4, 0.5) is 0 Å². The molecule has 1 aromatic rings. The summed E-state index contributed by atoms with van der Waals surface area (Å²) in [7, 11) is 0. The summed E-state index contributed by atoms with van der Waals surface area (Å²) in [5, 5.41) is 11.7. The lowest BCUT2D eigenvalue weighted by molar-refractivity contribution is -0.137. The van der Waals surface area contributed by atoms with Crippen molar-refractivity contribution in [2.45, 2.75) is 39.3 Å². The lowest BCUT2D eigenvalue weighted by Crippen LogP contribution is -2.38. The zero-order valence-corrected chi connectivity index (χ0v) is 12.1. The van der Waals surface area contributed by atoms with Crippen LogP contribution in [0.3, 0.4) is 0 Å². The lowest BCUT2D eigenvalue weighted by atomic mass is 10.0. The van der Waals surface area contributed by atoms with Crippen molar-refractivity contribution >= 4 is 11.8 Å². The van der Waals surface area contributed by atoms with Gasteiger partial charge in [0.05, 0.1) is 18.6 Å². The normalized spacial score (nSPS) is 12.2. The molecule has 0 aliphatic rings. The zero-order valence-electron chi connectivity index (χ0n) is 12.1. The maximum atomic E-state index is 12.2. The van der Waals surface area contributed by atoms with Gasteiger partial charge < -0.3 is 15.2 Å². The number of nitrogens with one attached hydrogen (secondary N) is 1. The van der Waals surface area contributed by atoms with Crippen molar-refractivity contribution in [2.24, 2.45) is 0 Å². The predicted molar refractivity (Wildman–Crippen MR) is 76.3 cm³/mol. The van der Waals surface area contributed by atoms with Gasteiger partial charge in [0.1, 0.15) is 5.75 Å². The van der Waals surface area contributed by atoms with Crippen molar-refractivity contribution in [3.63, 3.8) is 0 Å². The molecular formula is C15H21NO4. The van der Waals surface area contributed by atoms with E-state index in [0.29, 0.717) is 17.9 Å². The fourth-order valence-corrected chi connectivity index (χ4v) is 1.85. The van der Waals surface area contributed by atoms with Gasteiger partial charge in [-0.3, -0.25) is 9.59 Å². The van der Waals surface area contributed by atoms with E-state index in [1.54, 1.807) is 24.3 Å². The predicted octanol–water partition coefficient (Wildman–Crippen LogP) is 2.11. The zero-order chi connectivity index (χ0) is 15.1. The molecule has 0 aliphatic heterocycles. The van der Waals surface area contributed by atoms with E-state index >= 15 is 0 Å². The number of likely N-dealkylation sites (N-methyl/N-ethyl adjacent to an activating group) is 1. The number of hydrogen-bond donors (Lipinski definition) is 2. The maximum Gasteiger partial charge on any atom is 0.305 e. The first kappa shape index (κ1) is 16.2. The van der Waals surface area contributed by atoms with E-state index < -0.39 is 12.0 Å². The number of carboxylic acid groups (broad SMARTS) is 1. The number of rotatable bonds is 8. The molecular weight excluding hydrogens is 258 g/mol. The first-order valence-electron chi connectivity index (χ1n) is 6.70. The average molecular weight is 279 g/mol. The Morgan fingerprint density at radius 1 is 1.25 bits per heavy atom. The molecule has 0 heterocycles. The van der Waals surface area contributed by atoms with Gasteiger partial charge in [0.25, 0.3) is 0 Å². The van der Waals surface area contributed by atoms with Crippen LogP contribution < -0.4 is 10.1 Å². The van der Waals surface area contributed by atoms with Gasteiger partial charge in [0.2, 0.25) is 0 Å². The van der Waals surface area contributed by atoms with Gasteiger partial charge in [-0.25, -0.2) is 0 Å². The molecule has 0 fully saturated rings. The third-order valence-corrected chi connectivity index (χ3v) is 2.66. The maximum absolute atomic E-state index is 12.2.